The Labute approximate surface area is 99.4 Å². The fourth-order valence-corrected chi connectivity index (χ4v) is 3.44. The summed E-state index contributed by atoms with van der Waals surface area (Å²) in [4.78, 5) is 0. The van der Waals surface area contributed by atoms with Crippen LogP contribution in [0, 0.1) is 11.8 Å². The van der Waals surface area contributed by atoms with Gasteiger partial charge in [0.15, 0.2) is 0 Å². The Hall–Kier alpha value is -0.0800. The zero-order valence-electron chi connectivity index (χ0n) is 10.7. The third-order valence-corrected chi connectivity index (χ3v) is 4.30. The van der Waals surface area contributed by atoms with Crippen molar-refractivity contribution in [1.82, 2.24) is 0 Å². The first-order valence-corrected chi connectivity index (χ1v) is 6.93. The second-order valence-corrected chi connectivity index (χ2v) is 6.19. The molecule has 0 aromatic rings. The summed E-state index contributed by atoms with van der Waals surface area (Å²) in [6, 6.07) is 0. The summed E-state index contributed by atoms with van der Waals surface area (Å²) in [7, 11) is 0. The van der Waals surface area contributed by atoms with Crippen LogP contribution in [0.2, 0.25) is 0 Å². The predicted octanol–water partition coefficient (Wildman–Crippen LogP) is 3.13. The topological polar surface area (TPSA) is 29.5 Å². The number of rotatable bonds is 3. The zero-order valence-corrected chi connectivity index (χ0v) is 10.7. The van der Waals surface area contributed by atoms with Crippen molar-refractivity contribution in [1.29, 1.82) is 0 Å². The molecule has 0 aromatic carbocycles. The molecule has 1 saturated carbocycles. The maximum atomic E-state index is 10.2. The molecule has 1 heterocycles. The lowest BCUT2D eigenvalue weighted by atomic mass is 9.80. The van der Waals surface area contributed by atoms with Crippen LogP contribution in [-0.4, -0.2) is 23.4 Å². The van der Waals surface area contributed by atoms with Crippen LogP contribution >= 0.6 is 0 Å². The normalized spacial score (nSPS) is 31.1. The third kappa shape index (κ3) is 2.78. The molecule has 2 atom stereocenters. The minimum Gasteiger partial charge on any atom is -0.393 e. The Morgan fingerprint density at radius 1 is 1.31 bits per heavy atom. The molecule has 0 bridgehead atoms. The number of ether oxygens (including phenoxy) is 1. The first-order valence-electron chi connectivity index (χ1n) is 6.93. The van der Waals surface area contributed by atoms with Crippen LogP contribution in [0.1, 0.15) is 58.8 Å². The second kappa shape index (κ2) is 5.05. The summed E-state index contributed by atoms with van der Waals surface area (Å²) in [6.07, 6.45) is 8.05. The molecule has 1 aliphatic carbocycles. The van der Waals surface area contributed by atoms with Crippen molar-refractivity contribution in [2.75, 3.05) is 6.61 Å². The first kappa shape index (κ1) is 12.4. The van der Waals surface area contributed by atoms with Gasteiger partial charge < -0.3 is 9.84 Å². The standard InChI is InChI=1S/C14H26O2/c1-11(2)9-13(15)12-5-8-16-14(10-12)6-3-4-7-14/h11-13,15H,3-10H2,1-2H3. The zero-order chi connectivity index (χ0) is 11.6. The fourth-order valence-electron chi connectivity index (χ4n) is 3.44. The first-order chi connectivity index (χ1) is 7.61. The molecule has 2 fully saturated rings. The van der Waals surface area contributed by atoms with Gasteiger partial charge in [-0.25, -0.2) is 0 Å². The molecule has 2 rings (SSSR count). The Bertz CT molecular complexity index is 219. The van der Waals surface area contributed by atoms with Crippen LogP contribution in [0.5, 0.6) is 0 Å². The maximum absolute atomic E-state index is 10.2. The summed E-state index contributed by atoms with van der Waals surface area (Å²) in [5.41, 5.74) is 0.154. The van der Waals surface area contributed by atoms with Crippen LogP contribution in [-0.2, 0) is 4.74 Å². The van der Waals surface area contributed by atoms with E-state index < -0.39 is 0 Å². The van der Waals surface area contributed by atoms with Crippen LogP contribution < -0.4 is 0 Å². The molecule has 0 aromatic heterocycles. The highest BCUT2D eigenvalue weighted by atomic mass is 16.5. The van der Waals surface area contributed by atoms with Crippen molar-refractivity contribution in [3.05, 3.63) is 0 Å². The monoisotopic (exact) mass is 226 g/mol. The van der Waals surface area contributed by atoms with Gasteiger partial charge in [0.2, 0.25) is 0 Å². The molecule has 0 amide bonds. The van der Waals surface area contributed by atoms with E-state index in [0.29, 0.717) is 11.8 Å². The van der Waals surface area contributed by atoms with Gasteiger partial charge in [-0.15, -0.1) is 0 Å². The number of hydrogen-bond acceptors (Lipinski definition) is 2. The highest BCUT2D eigenvalue weighted by Crippen LogP contribution is 2.43. The summed E-state index contributed by atoms with van der Waals surface area (Å²) in [5.74, 6) is 1.08. The lowest BCUT2D eigenvalue weighted by Gasteiger charge is -2.40. The Morgan fingerprint density at radius 2 is 2.00 bits per heavy atom. The van der Waals surface area contributed by atoms with E-state index in [1.54, 1.807) is 0 Å². The van der Waals surface area contributed by atoms with Gasteiger partial charge in [0.1, 0.15) is 0 Å². The van der Waals surface area contributed by atoms with Gasteiger partial charge in [0, 0.05) is 6.61 Å². The van der Waals surface area contributed by atoms with Crippen LogP contribution in [0.25, 0.3) is 0 Å². The van der Waals surface area contributed by atoms with Gasteiger partial charge in [-0.1, -0.05) is 26.7 Å². The SMILES string of the molecule is CC(C)CC(O)C1CCOC2(CCCC2)C1. The molecular weight excluding hydrogens is 200 g/mol. The summed E-state index contributed by atoms with van der Waals surface area (Å²) in [5, 5.41) is 10.2. The van der Waals surface area contributed by atoms with Crippen molar-refractivity contribution in [3.8, 4) is 0 Å². The molecule has 16 heavy (non-hydrogen) atoms. The van der Waals surface area contributed by atoms with Crippen molar-refractivity contribution in [2.45, 2.75) is 70.5 Å². The van der Waals surface area contributed by atoms with Crippen molar-refractivity contribution < 1.29 is 9.84 Å². The highest BCUT2D eigenvalue weighted by Gasteiger charge is 2.41. The Kier molecular flexibility index (Phi) is 3.91. The second-order valence-electron chi connectivity index (χ2n) is 6.19. The van der Waals surface area contributed by atoms with E-state index in [2.05, 4.69) is 13.8 Å². The highest BCUT2D eigenvalue weighted by molar-refractivity contribution is 4.92. The largest absolute Gasteiger partial charge is 0.393 e. The van der Waals surface area contributed by atoms with Crippen molar-refractivity contribution >= 4 is 0 Å². The molecule has 2 heteroatoms. The minimum absolute atomic E-state index is 0.110. The number of aliphatic hydroxyl groups excluding tert-OH is 1. The Balaban J connectivity index is 1.90. The number of aliphatic hydroxyl groups is 1. The van der Waals surface area contributed by atoms with Crippen molar-refractivity contribution in [3.63, 3.8) is 0 Å². The molecule has 1 aliphatic heterocycles. The number of hydrogen-bond donors (Lipinski definition) is 1. The minimum atomic E-state index is -0.110. The Morgan fingerprint density at radius 3 is 2.62 bits per heavy atom. The molecule has 94 valence electrons. The van der Waals surface area contributed by atoms with E-state index in [1.165, 1.54) is 25.7 Å². The van der Waals surface area contributed by atoms with Gasteiger partial charge >= 0.3 is 0 Å². The molecule has 1 saturated heterocycles. The van der Waals surface area contributed by atoms with E-state index in [0.717, 1.165) is 25.9 Å². The van der Waals surface area contributed by atoms with E-state index in [4.69, 9.17) is 4.74 Å². The van der Waals surface area contributed by atoms with Gasteiger partial charge in [-0.2, -0.15) is 0 Å². The summed E-state index contributed by atoms with van der Waals surface area (Å²) < 4.78 is 6.00. The van der Waals surface area contributed by atoms with Crippen LogP contribution in [0.15, 0.2) is 0 Å². The van der Waals surface area contributed by atoms with Gasteiger partial charge in [-0.05, 0) is 43.9 Å². The molecule has 0 radical (unpaired) electrons. The molecule has 1 spiro atoms. The van der Waals surface area contributed by atoms with Crippen LogP contribution in [0.3, 0.4) is 0 Å². The lowest BCUT2D eigenvalue weighted by molar-refractivity contribution is -0.114. The average Bonchev–Trinajstić information content (AvgIpc) is 2.65. The molecule has 2 nitrogen and oxygen atoms in total. The quantitative estimate of drug-likeness (QED) is 0.801. The van der Waals surface area contributed by atoms with Crippen molar-refractivity contribution in [2.24, 2.45) is 11.8 Å². The van der Waals surface area contributed by atoms with Crippen LogP contribution in [0.4, 0.5) is 0 Å². The third-order valence-electron chi connectivity index (χ3n) is 4.30. The molecule has 2 aliphatic rings. The van der Waals surface area contributed by atoms with E-state index in [9.17, 15) is 5.11 Å². The molecule has 1 N–H and O–H groups in total. The molecule has 2 unspecified atom stereocenters. The molecular formula is C14H26O2. The van der Waals surface area contributed by atoms with Gasteiger partial charge in [0.05, 0.1) is 11.7 Å². The maximum Gasteiger partial charge on any atom is 0.0686 e. The average molecular weight is 226 g/mol. The predicted molar refractivity (Wildman–Crippen MR) is 65.3 cm³/mol. The van der Waals surface area contributed by atoms with E-state index in [-0.39, 0.29) is 11.7 Å². The fraction of sp³-hybridized carbons (Fsp3) is 1.00. The van der Waals surface area contributed by atoms with Gasteiger partial charge in [-0.3, -0.25) is 0 Å². The smallest absolute Gasteiger partial charge is 0.0686 e. The van der Waals surface area contributed by atoms with Gasteiger partial charge in [0.25, 0.3) is 0 Å². The van der Waals surface area contributed by atoms with E-state index >= 15 is 0 Å². The summed E-state index contributed by atoms with van der Waals surface area (Å²) in [6.45, 7) is 5.24. The summed E-state index contributed by atoms with van der Waals surface area (Å²) >= 11 is 0. The lowest BCUT2D eigenvalue weighted by Crippen LogP contribution is -2.41. The van der Waals surface area contributed by atoms with E-state index in [1.807, 2.05) is 0 Å².